The van der Waals surface area contributed by atoms with Crippen LogP contribution in [0.15, 0.2) is 24.3 Å². The van der Waals surface area contributed by atoms with Crippen LogP contribution in [0.3, 0.4) is 0 Å². The summed E-state index contributed by atoms with van der Waals surface area (Å²) in [5.41, 5.74) is 0.379. The number of nitrogens with zero attached hydrogens (tertiary/aromatic N) is 1. The van der Waals surface area contributed by atoms with Crippen LogP contribution in [-0.4, -0.2) is 55.0 Å². The lowest BCUT2D eigenvalue weighted by Crippen LogP contribution is -2.49. The van der Waals surface area contributed by atoms with Gasteiger partial charge in [-0.15, -0.1) is 0 Å². The molecule has 0 unspecified atom stereocenters. The maximum atomic E-state index is 12.3. The largest absolute Gasteiger partial charge is 0.497 e. The predicted molar refractivity (Wildman–Crippen MR) is 95.9 cm³/mol. The quantitative estimate of drug-likeness (QED) is 0.780. The van der Waals surface area contributed by atoms with Crippen LogP contribution in [0.25, 0.3) is 0 Å². The Bertz CT molecular complexity index is 651. The van der Waals surface area contributed by atoms with Crippen molar-refractivity contribution >= 4 is 17.8 Å². The molecule has 0 aliphatic carbocycles. The maximum absolute atomic E-state index is 12.3. The van der Waals surface area contributed by atoms with Gasteiger partial charge in [-0.3, -0.25) is 14.4 Å². The summed E-state index contributed by atoms with van der Waals surface area (Å²) in [6, 6.07) is 6.90. The lowest BCUT2D eigenvalue weighted by Gasteiger charge is -2.38. The van der Waals surface area contributed by atoms with Crippen molar-refractivity contribution in [3.05, 3.63) is 29.8 Å². The van der Waals surface area contributed by atoms with Crippen molar-refractivity contribution in [2.45, 2.75) is 45.2 Å². The van der Waals surface area contributed by atoms with Crippen LogP contribution in [-0.2, 0) is 14.3 Å². The summed E-state index contributed by atoms with van der Waals surface area (Å²) in [6.45, 7) is 3.41. The molecule has 0 radical (unpaired) electrons. The summed E-state index contributed by atoms with van der Waals surface area (Å²) in [7, 11) is 1.51. The van der Waals surface area contributed by atoms with Crippen LogP contribution >= 0.6 is 0 Å². The Balaban J connectivity index is 1.77. The van der Waals surface area contributed by atoms with E-state index in [2.05, 4.69) is 5.32 Å². The first-order valence-corrected chi connectivity index (χ1v) is 8.81. The van der Waals surface area contributed by atoms with Gasteiger partial charge in [0.05, 0.1) is 7.11 Å². The Labute approximate surface area is 153 Å². The van der Waals surface area contributed by atoms with Gasteiger partial charge in [0.25, 0.3) is 11.8 Å². The molecule has 0 saturated carbocycles. The molecule has 2 amide bonds. The van der Waals surface area contributed by atoms with Crippen molar-refractivity contribution in [3.8, 4) is 5.75 Å². The maximum Gasteiger partial charge on any atom is 0.325 e. The van der Waals surface area contributed by atoms with Crippen molar-refractivity contribution in [1.82, 2.24) is 10.2 Å². The highest BCUT2D eigenvalue weighted by Crippen LogP contribution is 2.22. The molecule has 26 heavy (non-hydrogen) atoms. The first-order chi connectivity index (χ1) is 12.4. The second-order valence-corrected chi connectivity index (χ2v) is 6.51. The number of hydrogen-bond acceptors (Lipinski definition) is 5. The van der Waals surface area contributed by atoms with Gasteiger partial charge in [-0.25, -0.2) is 0 Å². The van der Waals surface area contributed by atoms with E-state index in [1.165, 1.54) is 7.11 Å². The molecule has 0 aromatic heterocycles. The summed E-state index contributed by atoms with van der Waals surface area (Å²) < 4.78 is 10.1. The molecule has 7 heteroatoms. The molecule has 2 rings (SSSR count). The monoisotopic (exact) mass is 362 g/mol. The zero-order chi connectivity index (χ0) is 19.1. The summed E-state index contributed by atoms with van der Waals surface area (Å²) in [5.74, 6) is -0.704. The summed E-state index contributed by atoms with van der Waals surface area (Å²) >= 11 is 0. The lowest BCUT2D eigenvalue weighted by atomic mass is 9.97. The van der Waals surface area contributed by atoms with Crippen molar-refractivity contribution in [1.29, 1.82) is 0 Å². The second kappa shape index (κ2) is 9.22. The molecule has 1 N–H and O–H groups in total. The third-order valence-electron chi connectivity index (χ3n) is 4.56. The van der Waals surface area contributed by atoms with Gasteiger partial charge in [-0.05, 0) is 51.3 Å². The molecule has 7 nitrogen and oxygen atoms in total. The highest BCUT2D eigenvalue weighted by Gasteiger charge is 2.29. The molecule has 1 fully saturated rings. The minimum atomic E-state index is -0.646. The standard InChI is InChI=1S/C19H26N2O5/c1-13-6-4-7-14(2)21(13)17(22)12-26-18(23)11-20-19(24)15-8-5-9-16(10-15)25-3/h5,8-10,13-14H,4,6-7,11-12H2,1-3H3,(H,20,24)/t13-,14-/m1/s1. The van der Waals surface area contributed by atoms with Gasteiger partial charge < -0.3 is 19.7 Å². The van der Waals surface area contributed by atoms with E-state index in [0.717, 1.165) is 19.3 Å². The lowest BCUT2D eigenvalue weighted by molar-refractivity contribution is -0.154. The highest BCUT2D eigenvalue weighted by molar-refractivity contribution is 5.96. The van der Waals surface area contributed by atoms with Crippen molar-refractivity contribution in [3.63, 3.8) is 0 Å². The van der Waals surface area contributed by atoms with Crippen LogP contribution < -0.4 is 10.1 Å². The van der Waals surface area contributed by atoms with Crippen molar-refractivity contribution in [2.75, 3.05) is 20.3 Å². The molecule has 1 heterocycles. The SMILES string of the molecule is COc1cccc(C(=O)NCC(=O)OCC(=O)N2[C@H](C)CCC[C@H]2C)c1. The number of likely N-dealkylation sites (tertiary alicyclic amines) is 1. The van der Waals surface area contributed by atoms with E-state index in [9.17, 15) is 14.4 Å². The Kier molecular flexibility index (Phi) is 7.00. The average Bonchev–Trinajstić information content (AvgIpc) is 2.64. The smallest absolute Gasteiger partial charge is 0.325 e. The molecular formula is C19H26N2O5. The van der Waals surface area contributed by atoms with Crippen LogP contribution in [0.4, 0.5) is 0 Å². The Morgan fingerprint density at radius 3 is 2.54 bits per heavy atom. The minimum absolute atomic E-state index is 0.151. The van der Waals surface area contributed by atoms with E-state index in [-0.39, 0.29) is 31.1 Å². The van der Waals surface area contributed by atoms with Gasteiger partial charge >= 0.3 is 5.97 Å². The van der Waals surface area contributed by atoms with Gasteiger partial charge in [-0.1, -0.05) is 6.07 Å². The van der Waals surface area contributed by atoms with E-state index in [0.29, 0.717) is 11.3 Å². The molecule has 142 valence electrons. The van der Waals surface area contributed by atoms with Crippen LogP contribution in [0.1, 0.15) is 43.5 Å². The number of methoxy groups -OCH3 is 1. The van der Waals surface area contributed by atoms with E-state index >= 15 is 0 Å². The fourth-order valence-corrected chi connectivity index (χ4v) is 3.20. The fraction of sp³-hybridized carbons (Fsp3) is 0.526. The Morgan fingerprint density at radius 1 is 1.19 bits per heavy atom. The number of carbonyl (C=O) groups is 3. The van der Waals surface area contributed by atoms with Crippen molar-refractivity contribution in [2.24, 2.45) is 0 Å². The third kappa shape index (κ3) is 5.21. The third-order valence-corrected chi connectivity index (χ3v) is 4.56. The first-order valence-electron chi connectivity index (χ1n) is 8.81. The number of nitrogens with one attached hydrogen (secondary N) is 1. The minimum Gasteiger partial charge on any atom is -0.497 e. The van der Waals surface area contributed by atoms with Gasteiger partial charge in [-0.2, -0.15) is 0 Å². The van der Waals surface area contributed by atoms with Gasteiger partial charge in [0.2, 0.25) is 0 Å². The Morgan fingerprint density at radius 2 is 1.88 bits per heavy atom. The van der Waals surface area contributed by atoms with Gasteiger partial charge in [0.1, 0.15) is 12.3 Å². The van der Waals surface area contributed by atoms with E-state index < -0.39 is 11.9 Å². The van der Waals surface area contributed by atoms with Crippen LogP contribution in [0.2, 0.25) is 0 Å². The zero-order valence-corrected chi connectivity index (χ0v) is 15.5. The molecule has 0 spiro atoms. The number of esters is 1. The number of carbonyl (C=O) groups excluding carboxylic acids is 3. The van der Waals surface area contributed by atoms with E-state index in [1.54, 1.807) is 29.2 Å². The molecule has 0 bridgehead atoms. The highest BCUT2D eigenvalue weighted by atomic mass is 16.5. The van der Waals surface area contributed by atoms with Crippen LogP contribution in [0.5, 0.6) is 5.75 Å². The number of hydrogen-bond donors (Lipinski definition) is 1. The van der Waals surface area contributed by atoms with E-state index in [4.69, 9.17) is 9.47 Å². The summed E-state index contributed by atoms with van der Waals surface area (Å²) in [6.07, 6.45) is 3.02. The molecule has 1 aliphatic rings. The zero-order valence-electron chi connectivity index (χ0n) is 15.5. The molecule has 2 atom stereocenters. The second-order valence-electron chi connectivity index (χ2n) is 6.51. The molecular weight excluding hydrogens is 336 g/mol. The first kappa shape index (κ1) is 19.8. The van der Waals surface area contributed by atoms with E-state index in [1.807, 2.05) is 13.8 Å². The topological polar surface area (TPSA) is 84.9 Å². The van der Waals surface area contributed by atoms with Gasteiger partial charge in [0, 0.05) is 17.6 Å². The molecule has 1 aromatic rings. The number of piperidine rings is 1. The number of ether oxygens (including phenoxy) is 2. The number of amides is 2. The number of benzene rings is 1. The predicted octanol–water partition coefficient (Wildman–Crippen LogP) is 1.76. The molecule has 1 aromatic carbocycles. The van der Waals surface area contributed by atoms with Crippen molar-refractivity contribution < 1.29 is 23.9 Å². The number of rotatable bonds is 6. The molecule has 1 aliphatic heterocycles. The van der Waals surface area contributed by atoms with Crippen LogP contribution in [0, 0.1) is 0 Å². The Hall–Kier alpha value is -2.57. The summed E-state index contributed by atoms with van der Waals surface area (Å²) in [4.78, 5) is 37.9. The normalized spacial score (nSPS) is 19.6. The molecule has 1 saturated heterocycles. The summed E-state index contributed by atoms with van der Waals surface area (Å²) in [5, 5.41) is 2.48. The van der Waals surface area contributed by atoms with Gasteiger partial charge in [0.15, 0.2) is 6.61 Å². The average molecular weight is 362 g/mol. The fourth-order valence-electron chi connectivity index (χ4n) is 3.20.